The van der Waals surface area contributed by atoms with Crippen molar-refractivity contribution in [2.45, 2.75) is 32.0 Å². The number of carbonyl (C=O) groups excluding carboxylic acids is 1. The van der Waals surface area contributed by atoms with Crippen LogP contribution in [-0.2, 0) is 12.6 Å². The number of alkyl halides is 3. The molecule has 0 aliphatic carbocycles. The van der Waals surface area contributed by atoms with E-state index in [-0.39, 0.29) is 17.6 Å². The molecule has 0 fully saturated rings. The summed E-state index contributed by atoms with van der Waals surface area (Å²) in [5.74, 6) is 0.0337. The minimum absolute atomic E-state index is 0.0699. The smallest absolute Gasteiger partial charge is 0.350 e. The fraction of sp³-hybridized carbons (Fsp3) is 0.185. The van der Waals surface area contributed by atoms with E-state index >= 15 is 0 Å². The van der Waals surface area contributed by atoms with E-state index in [1.54, 1.807) is 24.3 Å². The Morgan fingerprint density at radius 2 is 1.68 bits per heavy atom. The van der Waals surface area contributed by atoms with Gasteiger partial charge in [-0.1, -0.05) is 54.6 Å². The van der Waals surface area contributed by atoms with Crippen molar-refractivity contribution in [2.75, 3.05) is 5.32 Å². The highest BCUT2D eigenvalue weighted by Crippen LogP contribution is 2.31. The number of benzene rings is 3. The van der Waals surface area contributed by atoms with Crippen LogP contribution in [-0.4, -0.2) is 16.9 Å². The summed E-state index contributed by atoms with van der Waals surface area (Å²) < 4.78 is 39.2. The standard InChI is InChI=1S/C27H24F3N3O/c1-18(14-15-19-8-3-2-4-9-19)31-26(34)23-17-25(33-24-13-6-5-12-22(23)24)32-21-11-7-10-20(16-21)27(28,29)30/h2-13,16-18H,14-15H2,1H3,(H,31,34)(H,32,33). The molecule has 3 aromatic carbocycles. The Bertz CT molecular complexity index is 1290. The Hall–Kier alpha value is -3.87. The van der Waals surface area contributed by atoms with Crippen LogP contribution in [0.3, 0.4) is 0 Å². The predicted octanol–water partition coefficient (Wildman–Crippen LogP) is 6.75. The zero-order valence-electron chi connectivity index (χ0n) is 18.6. The second-order valence-corrected chi connectivity index (χ2v) is 8.17. The highest BCUT2D eigenvalue weighted by Gasteiger charge is 2.30. The molecule has 0 saturated heterocycles. The van der Waals surface area contributed by atoms with E-state index in [1.165, 1.54) is 17.7 Å². The molecule has 1 aromatic heterocycles. The molecule has 34 heavy (non-hydrogen) atoms. The molecule has 0 aliphatic rings. The van der Waals surface area contributed by atoms with Crippen molar-refractivity contribution in [1.82, 2.24) is 10.3 Å². The first-order valence-corrected chi connectivity index (χ1v) is 11.0. The van der Waals surface area contributed by atoms with E-state index in [2.05, 4.69) is 27.8 Å². The molecule has 4 nitrogen and oxygen atoms in total. The zero-order chi connectivity index (χ0) is 24.1. The minimum Gasteiger partial charge on any atom is -0.350 e. The van der Waals surface area contributed by atoms with Crippen LogP contribution in [0.15, 0.2) is 84.9 Å². The van der Waals surface area contributed by atoms with Crippen LogP contribution in [0.4, 0.5) is 24.7 Å². The number of nitrogens with one attached hydrogen (secondary N) is 2. The number of hydrogen-bond acceptors (Lipinski definition) is 3. The maximum Gasteiger partial charge on any atom is 0.416 e. The van der Waals surface area contributed by atoms with Gasteiger partial charge in [0.1, 0.15) is 5.82 Å². The third-order valence-electron chi connectivity index (χ3n) is 5.51. The van der Waals surface area contributed by atoms with Gasteiger partial charge in [0.05, 0.1) is 16.6 Å². The molecule has 0 aliphatic heterocycles. The van der Waals surface area contributed by atoms with Crippen molar-refractivity contribution >= 4 is 28.3 Å². The van der Waals surface area contributed by atoms with Gasteiger partial charge in [-0.2, -0.15) is 13.2 Å². The first-order valence-electron chi connectivity index (χ1n) is 11.0. The number of aromatic nitrogens is 1. The van der Waals surface area contributed by atoms with Gasteiger partial charge < -0.3 is 10.6 Å². The van der Waals surface area contributed by atoms with Crippen LogP contribution in [0.5, 0.6) is 0 Å². The van der Waals surface area contributed by atoms with E-state index in [9.17, 15) is 18.0 Å². The molecule has 1 heterocycles. The zero-order valence-corrected chi connectivity index (χ0v) is 18.6. The lowest BCUT2D eigenvalue weighted by Gasteiger charge is -2.16. The molecular weight excluding hydrogens is 439 g/mol. The summed E-state index contributed by atoms with van der Waals surface area (Å²) in [7, 11) is 0. The van der Waals surface area contributed by atoms with E-state index in [4.69, 9.17) is 0 Å². The van der Waals surface area contributed by atoms with Gasteiger partial charge in [0, 0.05) is 17.1 Å². The van der Waals surface area contributed by atoms with Gasteiger partial charge in [-0.25, -0.2) is 4.98 Å². The molecular formula is C27H24F3N3O. The topological polar surface area (TPSA) is 54.0 Å². The average Bonchev–Trinajstić information content (AvgIpc) is 2.82. The van der Waals surface area contributed by atoms with Crippen LogP contribution in [0.1, 0.15) is 34.8 Å². The lowest BCUT2D eigenvalue weighted by atomic mass is 10.0. The fourth-order valence-corrected chi connectivity index (χ4v) is 3.75. The van der Waals surface area contributed by atoms with Crippen molar-refractivity contribution in [1.29, 1.82) is 0 Å². The maximum absolute atomic E-state index is 13.2. The molecule has 1 atom stereocenters. The molecule has 2 N–H and O–H groups in total. The highest BCUT2D eigenvalue weighted by atomic mass is 19.4. The summed E-state index contributed by atoms with van der Waals surface area (Å²) in [6.07, 6.45) is -2.84. The number of fused-ring (bicyclic) bond motifs is 1. The number of para-hydroxylation sites is 1. The molecule has 7 heteroatoms. The van der Waals surface area contributed by atoms with E-state index in [0.717, 1.165) is 25.0 Å². The first kappa shape index (κ1) is 23.3. The summed E-state index contributed by atoms with van der Waals surface area (Å²) in [5, 5.41) is 6.62. The van der Waals surface area contributed by atoms with Gasteiger partial charge >= 0.3 is 6.18 Å². The Kier molecular flexibility index (Phi) is 6.82. The molecule has 4 aromatic rings. The molecule has 174 valence electrons. The quantitative estimate of drug-likeness (QED) is 0.319. The average molecular weight is 464 g/mol. The summed E-state index contributed by atoms with van der Waals surface area (Å²) >= 11 is 0. The van der Waals surface area contributed by atoms with Crippen LogP contribution in [0.2, 0.25) is 0 Å². The van der Waals surface area contributed by atoms with Gasteiger partial charge in [-0.3, -0.25) is 4.79 Å². The molecule has 0 spiro atoms. The third kappa shape index (κ3) is 5.73. The lowest BCUT2D eigenvalue weighted by Crippen LogP contribution is -2.33. The van der Waals surface area contributed by atoms with Gasteiger partial charge in [0.25, 0.3) is 5.91 Å². The SMILES string of the molecule is CC(CCc1ccccc1)NC(=O)c1cc(Nc2cccc(C(F)(F)F)c2)nc2ccccc12. The maximum atomic E-state index is 13.2. The van der Waals surface area contributed by atoms with Gasteiger partial charge in [0.15, 0.2) is 0 Å². The molecule has 1 unspecified atom stereocenters. The monoisotopic (exact) mass is 463 g/mol. The molecule has 1 amide bonds. The van der Waals surface area contributed by atoms with Crippen molar-refractivity contribution < 1.29 is 18.0 Å². The van der Waals surface area contributed by atoms with E-state index in [1.807, 2.05) is 31.2 Å². The number of hydrogen-bond donors (Lipinski definition) is 2. The van der Waals surface area contributed by atoms with Crippen LogP contribution >= 0.6 is 0 Å². The summed E-state index contributed by atoms with van der Waals surface area (Å²) in [4.78, 5) is 17.6. The normalized spacial score (nSPS) is 12.4. The number of rotatable bonds is 7. The second kappa shape index (κ2) is 9.95. The van der Waals surface area contributed by atoms with Crippen molar-refractivity contribution in [3.63, 3.8) is 0 Å². The number of halogens is 3. The Morgan fingerprint density at radius 1 is 0.941 bits per heavy atom. The Labute approximate surface area is 195 Å². The number of anilines is 2. The third-order valence-corrected chi connectivity index (χ3v) is 5.51. The van der Waals surface area contributed by atoms with Gasteiger partial charge in [-0.05, 0) is 55.7 Å². The van der Waals surface area contributed by atoms with E-state index in [0.29, 0.717) is 22.3 Å². The Balaban J connectivity index is 1.55. The number of amides is 1. The van der Waals surface area contributed by atoms with Crippen molar-refractivity contribution in [2.24, 2.45) is 0 Å². The first-order chi connectivity index (χ1) is 16.3. The molecule has 0 saturated carbocycles. The number of pyridine rings is 1. The summed E-state index contributed by atoms with van der Waals surface area (Å²) in [6, 6.07) is 23.6. The number of carbonyl (C=O) groups is 1. The van der Waals surface area contributed by atoms with E-state index < -0.39 is 11.7 Å². The van der Waals surface area contributed by atoms with Crippen LogP contribution < -0.4 is 10.6 Å². The van der Waals surface area contributed by atoms with Gasteiger partial charge in [0.2, 0.25) is 0 Å². The predicted molar refractivity (Wildman–Crippen MR) is 128 cm³/mol. The highest BCUT2D eigenvalue weighted by molar-refractivity contribution is 6.07. The lowest BCUT2D eigenvalue weighted by molar-refractivity contribution is -0.137. The second-order valence-electron chi connectivity index (χ2n) is 8.17. The summed E-state index contributed by atoms with van der Waals surface area (Å²) in [5.41, 5.74) is 1.66. The van der Waals surface area contributed by atoms with Crippen molar-refractivity contribution in [3.8, 4) is 0 Å². The van der Waals surface area contributed by atoms with Crippen LogP contribution in [0, 0.1) is 0 Å². The summed E-state index contributed by atoms with van der Waals surface area (Å²) in [6.45, 7) is 1.95. The van der Waals surface area contributed by atoms with Crippen LogP contribution in [0.25, 0.3) is 10.9 Å². The Morgan fingerprint density at radius 3 is 2.44 bits per heavy atom. The van der Waals surface area contributed by atoms with Gasteiger partial charge in [-0.15, -0.1) is 0 Å². The van der Waals surface area contributed by atoms with Crippen molar-refractivity contribution in [3.05, 3.63) is 102 Å². The molecule has 4 rings (SSSR count). The minimum atomic E-state index is -4.45. The molecule has 0 bridgehead atoms. The number of aryl methyl sites for hydroxylation is 1. The molecule has 0 radical (unpaired) electrons. The largest absolute Gasteiger partial charge is 0.416 e. The number of nitrogens with zero attached hydrogens (tertiary/aromatic N) is 1. The fourth-order valence-electron chi connectivity index (χ4n) is 3.75.